The lowest BCUT2D eigenvalue weighted by Gasteiger charge is -2.20. The van der Waals surface area contributed by atoms with Gasteiger partial charge in [-0.25, -0.2) is 18.1 Å². The van der Waals surface area contributed by atoms with E-state index in [-0.39, 0.29) is 10.7 Å². The minimum absolute atomic E-state index is 0.238. The highest BCUT2D eigenvalue weighted by Crippen LogP contribution is 2.27. The van der Waals surface area contributed by atoms with E-state index < -0.39 is 9.84 Å². The van der Waals surface area contributed by atoms with Gasteiger partial charge in [0.25, 0.3) is 5.16 Å². The molecule has 1 aromatic carbocycles. The zero-order valence-corrected chi connectivity index (χ0v) is 16.6. The quantitative estimate of drug-likeness (QED) is 0.684. The van der Waals surface area contributed by atoms with Crippen LogP contribution in [0.15, 0.2) is 35.6 Å². The number of hydrogen-bond acceptors (Lipinski definition) is 6. The van der Waals surface area contributed by atoms with Crippen molar-refractivity contribution in [1.29, 1.82) is 0 Å². The van der Waals surface area contributed by atoms with Crippen molar-refractivity contribution in [2.75, 3.05) is 11.6 Å². The van der Waals surface area contributed by atoms with E-state index in [1.54, 1.807) is 16.9 Å². The minimum Gasteiger partial charge on any atom is -0.365 e. The van der Waals surface area contributed by atoms with Crippen molar-refractivity contribution in [3.8, 4) is 0 Å². The predicted octanol–water partition coefficient (Wildman–Crippen LogP) is 3.25. The number of rotatable bonds is 4. The zero-order valence-electron chi connectivity index (χ0n) is 15.0. The molecule has 0 aliphatic rings. The number of aromatic nitrogens is 4. The van der Waals surface area contributed by atoms with E-state index in [4.69, 9.17) is 11.6 Å². The van der Waals surface area contributed by atoms with Crippen molar-refractivity contribution in [1.82, 2.24) is 19.7 Å². The molecule has 0 spiro atoms. The predicted molar refractivity (Wildman–Crippen MR) is 102 cm³/mol. The van der Waals surface area contributed by atoms with Crippen LogP contribution in [0.5, 0.6) is 0 Å². The number of sulfone groups is 1. The van der Waals surface area contributed by atoms with E-state index >= 15 is 0 Å². The van der Waals surface area contributed by atoms with Crippen LogP contribution in [0.4, 0.5) is 5.82 Å². The van der Waals surface area contributed by atoms with Crippen LogP contribution in [-0.4, -0.2) is 34.4 Å². The molecule has 26 heavy (non-hydrogen) atoms. The second kappa shape index (κ2) is 6.51. The fraction of sp³-hybridized carbons (Fsp3) is 0.353. The summed E-state index contributed by atoms with van der Waals surface area (Å²) in [5.74, 6) is 0.408. The molecule has 0 aliphatic carbocycles. The number of fused-ring (bicyclic) bond motifs is 1. The molecular weight excluding hydrogens is 374 g/mol. The van der Waals surface area contributed by atoms with Gasteiger partial charge in [0.2, 0.25) is 9.84 Å². The molecule has 3 rings (SSSR count). The summed E-state index contributed by atoms with van der Waals surface area (Å²) < 4.78 is 25.8. The second-order valence-electron chi connectivity index (χ2n) is 7.04. The van der Waals surface area contributed by atoms with Gasteiger partial charge in [0.15, 0.2) is 5.65 Å². The van der Waals surface area contributed by atoms with Gasteiger partial charge in [-0.15, -0.1) is 0 Å². The first-order valence-electron chi connectivity index (χ1n) is 8.01. The summed E-state index contributed by atoms with van der Waals surface area (Å²) in [5.41, 5.74) is 0.991. The standard InChI is InChI=1S/C17H20ClN5O2S/c1-17(2,3)23-15-12(10-20-23)14(21-16(22-15)26(4,24)25)19-9-11-7-5-6-8-13(11)18/h5-8,10H,9H2,1-4H3,(H,19,21,22). The fourth-order valence-electron chi connectivity index (χ4n) is 2.50. The van der Waals surface area contributed by atoms with Gasteiger partial charge in [0, 0.05) is 17.8 Å². The van der Waals surface area contributed by atoms with Crippen molar-refractivity contribution < 1.29 is 8.42 Å². The molecule has 0 saturated heterocycles. The molecule has 0 amide bonds. The smallest absolute Gasteiger partial charge is 0.250 e. The molecule has 3 aromatic rings. The third-order valence-electron chi connectivity index (χ3n) is 3.78. The maximum absolute atomic E-state index is 12.0. The molecule has 0 bridgehead atoms. The Morgan fingerprint density at radius 3 is 2.50 bits per heavy atom. The van der Waals surface area contributed by atoms with Gasteiger partial charge in [-0.1, -0.05) is 29.8 Å². The van der Waals surface area contributed by atoms with Gasteiger partial charge in [-0.2, -0.15) is 10.1 Å². The number of hydrogen-bond donors (Lipinski definition) is 1. The number of nitrogens with one attached hydrogen (secondary N) is 1. The van der Waals surface area contributed by atoms with Crippen LogP contribution < -0.4 is 5.32 Å². The summed E-state index contributed by atoms with van der Waals surface area (Å²) in [6.07, 6.45) is 2.73. The lowest BCUT2D eigenvalue weighted by Crippen LogP contribution is -2.23. The van der Waals surface area contributed by atoms with Crippen molar-refractivity contribution in [2.24, 2.45) is 0 Å². The Labute approximate surface area is 157 Å². The van der Waals surface area contributed by atoms with Gasteiger partial charge < -0.3 is 5.32 Å². The number of halogens is 1. The van der Waals surface area contributed by atoms with Crippen molar-refractivity contribution in [3.63, 3.8) is 0 Å². The number of nitrogens with zero attached hydrogens (tertiary/aromatic N) is 4. The fourth-order valence-corrected chi connectivity index (χ4v) is 3.21. The second-order valence-corrected chi connectivity index (χ2v) is 9.35. The number of benzene rings is 1. The largest absolute Gasteiger partial charge is 0.365 e. The lowest BCUT2D eigenvalue weighted by atomic mass is 10.1. The van der Waals surface area contributed by atoms with Crippen molar-refractivity contribution >= 4 is 38.3 Å². The Morgan fingerprint density at radius 2 is 1.88 bits per heavy atom. The summed E-state index contributed by atoms with van der Waals surface area (Å²) in [6, 6.07) is 7.43. The van der Waals surface area contributed by atoms with Crippen LogP contribution >= 0.6 is 11.6 Å². The Morgan fingerprint density at radius 1 is 1.19 bits per heavy atom. The van der Waals surface area contributed by atoms with Gasteiger partial charge in [0.05, 0.1) is 17.1 Å². The van der Waals surface area contributed by atoms with E-state index in [0.717, 1.165) is 11.8 Å². The first-order valence-corrected chi connectivity index (χ1v) is 10.3. The highest BCUT2D eigenvalue weighted by Gasteiger charge is 2.23. The summed E-state index contributed by atoms with van der Waals surface area (Å²) >= 11 is 6.19. The summed E-state index contributed by atoms with van der Waals surface area (Å²) in [7, 11) is -3.58. The van der Waals surface area contributed by atoms with Crippen LogP contribution in [0.3, 0.4) is 0 Å². The summed E-state index contributed by atoms with van der Waals surface area (Å²) in [6.45, 7) is 6.31. The maximum atomic E-state index is 12.0. The first-order chi connectivity index (χ1) is 12.1. The molecule has 0 unspecified atom stereocenters. The van der Waals surface area contributed by atoms with Crippen LogP contribution in [0.2, 0.25) is 5.02 Å². The van der Waals surface area contributed by atoms with Crippen molar-refractivity contribution in [3.05, 3.63) is 41.0 Å². The topological polar surface area (TPSA) is 89.8 Å². The van der Waals surface area contributed by atoms with Gasteiger partial charge >= 0.3 is 0 Å². The minimum atomic E-state index is -3.58. The third-order valence-corrected chi connectivity index (χ3v) is 4.99. The van der Waals surface area contributed by atoms with Gasteiger partial charge in [-0.05, 0) is 32.4 Å². The molecule has 138 valence electrons. The molecule has 0 fully saturated rings. The average Bonchev–Trinajstić information content (AvgIpc) is 2.97. The molecule has 1 N–H and O–H groups in total. The SMILES string of the molecule is CC(C)(C)n1ncc2c(NCc3ccccc3Cl)nc(S(C)(=O)=O)nc21. The molecule has 0 radical (unpaired) electrons. The average molecular weight is 394 g/mol. The van der Waals surface area contributed by atoms with Crippen LogP contribution in [-0.2, 0) is 21.9 Å². The molecule has 2 aromatic heterocycles. The lowest BCUT2D eigenvalue weighted by molar-refractivity contribution is 0.365. The van der Waals surface area contributed by atoms with E-state index in [1.165, 1.54) is 0 Å². The summed E-state index contributed by atoms with van der Waals surface area (Å²) in [5, 5.41) is 8.58. The molecule has 7 nitrogen and oxygen atoms in total. The molecular formula is C17H20ClN5O2S. The number of anilines is 1. The van der Waals surface area contributed by atoms with Crippen LogP contribution in [0.25, 0.3) is 11.0 Å². The van der Waals surface area contributed by atoms with Crippen LogP contribution in [0.1, 0.15) is 26.3 Å². The first kappa shape index (κ1) is 18.6. The Kier molecular flexibility index (Phi) is 4.66. The molecule has 9 heteroatoms. The van der Waals surface area contributed by atoms with E-state index in [9.17, 15) is 8.42 Å². The maximum Gasteiger partial charge on any atom is 0.250 e. The molecule has 0 atom stereocenters. The molecule has 2 heterocycles. The zero-order chi connectivity index (χ0) is 19.1. The monoisotopic (exact) mass is 393 g/mol. The van der Waals surface area contributed by atoms with Gasteiger partial charge in [0.1, 0.15) is 5.82 Å². The van der Waals surface area contributed by atoms with Crippen LogP contribution in [0, 0.1) is 0 Å². The third kappa shape index (κ3) is 3.66. The van der Waals surface area contributed by atoms with E-state index in [1.807, 2.05) is 39.0 Å². The molecule has 0 saturated carbocycles. The van der Waals surface area contributed by atoms with Gasteiger partial charge in [-0.3, -0.25) is 0 Å². The Bertz CT molecular complexity index is 1070. The summed E-state index contributed by atoms with van der Waals surface area (Å²) in [4.78, 5) is 8.45. The Balaban J connectivity index is 2.11. The highest BCUT2D eigenvalue weighted by atomic mass is 35.5. The van der Waals surface area contributed by atoms with E-state index in [0.29, 0.717) is 28.4 Å². The Hall–Kier alpha value is -2.19. The van der Waals surface area contributed by atoms with Crippen molar-refractivity contribution in [2.45, 2.75) is 38.0 Å². The highest BCUT2D eigenvalue weighted by molar-refractivity contribution is 7.90. The van der Waals surface area contributed by atoms with E-state index in [2.05, 4.69) is 20.4 Å². The molecule has 0 aliphatic heterocycles. The normalized spacial score (nSPS) is 12.5.